The van der Waals surface area contributed by atoms with Gasteiger partial charge < -0.3 is 14.6 Å². The molecule has 0 aromatic rings. The summed E-state index contributed by atoms with van der Waals surface area (Å²) in [4.78, 5) is 0. The Kier molecular flexibility index (Phi) is 4.35. The Morgan fingerprint density at radius 2 is 2.29 bits per heavy atom. The first-order valence-electron chi connectivity index (χ1n) is 4.83. The number of alkyl halides is 1. The third-order valence-corrected chi connectivity index (χ3v) is 2.20. The summed E-state index contributed by atoms with van der Waals surface area (Å²) in [5.74, 6) is -0.665. The molecule has 1 saturated heterocycles. The fourth-order valence-corrected chi connectivity index (χ4v) is 1.50. The number of aliphatic hydroxyl groups excluding tert-OH is 1. The van der Waals surface area contributed by atoms with Crippen molar-refractivity contribution in [3.63, 3.8) is 0 Å². The molecule has 1 fully saturated rings. The molecule has 1 aliphatic heterocycles. The highest BCUT2D eigenvalue weighted by Gasteiger charge is 2.39. The number of hydrogen-bond acceptors (Lipinski definition) is 3. The van der Waals surface area contributed by atoms with E-state index in [-0.39, 0.29) is 19.3 Å². The van der Waals surface area contributed by atoms with Crippen LogP contribution in [-0.4, -0.2) is 50.7 Å². The highest BCUT2D eigenvalue weighted by molar-refractivity contribution is 6.12. The van der Waals surface area contributed by atoms with Gasteiger partial charge in [-0.25, -0.2) is 4.39 Å². The molecule has 4 atom stereocenters. The van der Waals surface area contributed by atoms with E-state index in [9.17, 15) is 4.39 Å². The fraction of sp³-hybridized carbons (Fsp3) is 1.00. The SMILES string of the molecule is [B]C1COC(CO)[C@@H](OC(C)C)[C@H]1F. The number of aliphatic hydroxyl groups is 1. The summed E-state index contributed by atoms with van der Waals surface area (Å²) >= 11 is 0. The van der Waals surface area contributed by atoms with Gasteiger partial charge in [0.15, 0.2) is 0 Å². The van der Waals surface area contributed by atoms with Crippen LogP contribution in [0.25, 0.3) is 0 Å². The minimum absolute atomic E-state index is 0.110. The van der Waals surface area contributed by atoms with E-state index in [1.54, 1.807) is 13.8 Å². The Bertz CT molecular complexity index is 177. The van der Waals surface area contributed by atoms with Crippen molar-refractivity contribution in [2.45, 2.75) is 44.1 Å². The van der Waals surface area contributed by atoms with Crippen LogP contribution in [0.3, 0.4) is 0 Å². The quantitative estimate of drug-likeness (QED) is 0.676. The van der Waals surface area contributed by atoms with Gasteiger partial charge in [0.2, 0.25) is 0 Å². The summed E-state index contributed by atoms with van der Waals surface area (Å²) in [6.45, 7) is 3.50. The van der Waals surface area contributed by atoms with Crippen molar-refractivity contribution in [1.82, 2.24) is 0 Å². The maximum absolute atomic E-state index is 13.6. The highest BCUT2D eigenvalue weighted by atomic mass is 19.1. The van der Waals surface area contributed by atoms with E-state index in [4.69, 9.17) is 22.4 Å². The molecule has 14 heavy (non-hydrogen) atoms. The summed E-state index contributed by atoms with van der Waals surface area (Å²) in [5.41, 5.74) is 0. The molecule has 2 radical (unpaired) electrons. The zero-order valence-corrected chi connectivity index (χ0v) is 8.52. The molecular formula is C9H16BFO3. The number of halogens is 1. The fourth-order valence-electron chi connectivity index (χ4n) is 1.50. The van der Waals surface area contributed by atoms with Crippen molar-refractivity contribution in [2.75, 3.05) is 13.2 Å². The Hall–Kier alpha value is -0.125. The number of hydrogen-bond donors (Lipinski definition) is 1. The topological polar surface area (TPSA) is 38.7 Å². The smallest absolute Gasteiger partial charge is 0.126 e. The lowest BCUT2D eigenvalue weighted by Gasteiger charge is -2.38. The molecule has 3 nitrogen and oxygen atoms in total. The Morgan fingerprint density at radius 1 is 1.64 bits per heavy atom. The molecule has 80 valence electrons. The van der Waals surface area contributed by atoms with E-state index in [0.29, 0.717) is 0 Å². The molecule has 0 aromatic heterocycles. The van der Waals surface area contributed by atoms with Crippen LogP contribution in [0.1, 0.15) is 13.8 Å². The van der Waals surface area contributed by atoms with Gasteiger partial charge in [0.25, 0.3) is 0 Å². The van der Waals surface area contributed by atoms with Crippen LogP contribution in [0.4, 0.5) is 4.39 Å². The van der Waals surface area contributed by atoms with Crippen LogP contribution in [0.2, 0.25) is 5.82 Å². The number of ether oxygens (including phenoxy) is 2. The first kappa shape index (κ1) is 11.9. The minimum Gasteiger partial charge on any atom is -0.394 e. The van der Waals surface area contributed by atoms with Gasteiger partial charge in [-0.05, 0) is 19.7 Å². The van der Waals surface area contributed by atoms with Crippen LogP contribution in [-0.2, 0) is 9.47 Å². The second kappa shape index (κ2) is 5.10. The molecule has 0 amide bonds. The first-order valence-corrected chi connectivity index (χ1v) is 4.83. The van der Waals surface area contributed by atoms with Crippen LogP contribution in [0, 0.1) is 0 Å². The monoisotopic (exact) mass is 202 g/mol. The highest BCUT2D eigenvalue weighted by Crippen LogP contribution is 2.28. The van der Waals surface area contributed by atoms with Gasteiger partial charge in [0.05, 0.1) is 20.6 Å². The molecule has 0 aromatic carbocycles. The summed E-state index contributed by atoms with van der Waals surface area (Å²) < 4.78 is 24.1. The molecule has 0 bridgehead atoms. The second-order valence-electron chi connectivity index (χ2n) is 3.81. The van der Waals surface area contributed by atoms with Crippen molar-refractivity contribution in [1.29, 1.82) is 0 Å². The largest absolute Gasteiger partial charge is 0.394 e. The van der Waals surface area contributed by atoms with E-state index >= 15 is 0 Å². The molecule has 0 aliphatic carbocycles. The maximum Gasteiger partial charge on any atom is 0.126 e. The zero-order valence-electron chi connectivity index (χ0n) is 8.52. The van der Waals surface area contributed by atoms with Gasteiger partial charge in [-0.2, -0.15) is 0 Å². The molecule has 1 aliphatic rings. The first-order chi connectivity index (χ1) is 6.56. The third-order valence-electron chi connectivity index (χ3n) is 2.20. The van der Waals surface area contributed by atoms with Gasteiger partial charge in [-0.1, -0.05) is 0 Å². The van der Waals surface area contributed by atoms with Crippen molar-refractivity contribution in [3.8, 4) is 0 Å². The molecule has 1 rings (SSSR count). The number of rotatable bonds is 3. The lowest BCUT2D eigenvalue weighted by molar-refractivity contribution is -0.165. The van der Waals surface area contributed by atoms with Crippen LogP contribution >= 0.6 is 0 Å². The second-order valence-corrected chi connectivity index (χ2v) is 3.81. The maximum atomic E-state index is 13.6. The van der Waals surface area contributed by atoms with Gasteiger partial charge in [-0.15, -0.1) is 0 Å². The Morgan fingerprint density at radius 3 is 2.79 bits per heavy atom. The van der Waals surface area contributed by atoms with Crippen LogP contribution in [0.5, 0.6) is 0 Å². The van der Waals surface area contributed by atoms with E-state index in [1.807, 2.05) is 0 Å². The van der Waals surface area contributed by atoms with Crippen molar-refractivity contribution >= 4 is 7.85 Å². The predicted octanol–water partition coefficient (Wildman–Crippen LogP) is 0.466. The van der Waals surface area contributed by atoms with E-state index in [0.717, 1.165) is 0 Å². The van der Waals surface area contributed by atoms with Crippen LogP contribution in [0.15, 0.2) is 0 Å². The summed E-state index contributed by atoms with van der Waals surface area (Å²) in [5, 5.41) is 8.97. The van der Waals surface area contributed by atoms with E-state index in [2.05, 4.69) is 0 Å². The molecule has 0 spiro atoms. The molecule has 2 unspecified atom stereocenters. The Labute approximate surface area is 85.0 Å². The summed E-state index contributed by atoms with van der Waals surface area (Å²) in [6.07, 6.45) is -2.75. The molecule has 1 N–H and O–H groups in total. The zero-order chi connectivity index (χ0) is 10.7. The molecular weight excluding hydrogens is 186 g/mol. The van der Waals surface area contributed by atoms with Crippen molar-refractivity contribution in [2.24, 2.45) is 0 Å². The summed E-state index contributed by atoms with van der Waals surface area (Å²) in [7, 11) is 5.50. The lowest BCUT2D eigenvalue weighted by Crippen LogP contribution is -2.49. The van der Waals surface area contributed by atoms with E-state index < -0.39 is 24.2 Å². The van der Waals surface area contributed by atoms with Gasteiger partial charge in [0, 0.05) is 6.61 Å². The normalized spacial score (nSPS) is 38.9. The Balaban J connectivity index is 2.61. The molecule has 5 heteroatoms. The van der Waals surface area contributed by atoms with Gasteiger partial charge in [0.1, 0.15) is 18.4 Å². The minimum atomic E-state index is -1.27. The van der Waals surface area contributed by atoms with Gasteiger partial charge >= 0.3 is 0 Å². The van der Waals surface area contributed by atoms with Crippen molar-refractivity contribution in [3.05, 3.63) is 0 Å². The average molecular weight is 202 g/mol. The average Bonchev–Trinajstić information content (AvgIpc) is 2.13. The lowest BCUT2D eigenvalue weighted by atomic mass is 9.79. The molecule has 0 saturated carbocycles. The van der Waals surface area contributed by atoms with Gasteiger partial charge in [-0.3, -0.25) is 0 Å². The van der Waals surface area contributed by atoms with Crippen molar-refractivity contribution < 1.29 is 19.0 Å². The standard InChI is InChI=1S/C9H16BFO3/c1-5(2)14-9-7(3-12)13-4-6(10)8(9)11/h5-9,12H,3-4H2,1-2H3/t6?,7?,8-,9+/m0/s1. The summed E-state index contributed by atoms with van der Waals surface area (Å²) in [6, 6.07) is 0. The predicted molar refractivity (Wildman–Crippen MR) is 51.2 cm³/mol. The third kappa shape index (κ3) is 2.68. The van der Waals surface area contributed by atoms with E-state index in [1.165, 1.54) is 0 Å². The van der Waals surface area contributed by atoms with Crippen LogP contribution < -0.4 is 0 Å². The molecule has 1 heterocycles.